The molecule has 1 aliphatic carbocycles. The number of halogens is 1. The molecule has 0 aromatic carbocycles. The summed E-state index contributed by atoms with van der Waals surface area (Å²) in [6.45, 7) is 6.25. The van der Waals surface area contributed by atoms with Gasteiger partial charge in [0.05, 0.1) is 0 Å². The molecule has 19 heavy (non-hydrogen) atoms. The largest absolute Gasteiger partial charge is 0.462 e. The van der Waals surface area contributed by atoms with Crippen LogP contribution in [0.25, 0.3) is 0 Å². The lowest BCUT2D eigenvalue weighted by Gasteiger charge is -2.44. The van der Waals surface area contributed by atoms with Gasteiger partial charge < -0.3 is 10.1 Å². The van der Waals surface area contributed by atoms with E-state index < -0.39 is 0 Å². The average molecular weight is 287 g/mol. The molecule has 1 N–H and O–H groups in total. The maximum atomic E-state index is 11.8. The molecule has 2 heterocycles. The molecule has 108 valence electrons. The van der Waals surface area contributed by atoms with Crippen molar-refractivity contribution in [1.82, 2.24) is 10.2 Å². The van der Waals surface area contributed by atoms with Crippen LogP contribution in [0, 0.1) is 17.8 Å². The van der Waals surface area contributed by atoms with E-state index in [9.17, 15) is 4.79 Å². The summed E-state index contributed by atoms with van der Waals surface area (Å²) >= 11 is 6.44. The number of rotatable bonds is 2. The van der Waals surface area contributed by atoms with Gasteiger partial charge in [0.25, 0.3) is 0 Å². The Morgan fingerprint density at radius 3 is 3.05 bits per heavy atom. The molecule has 0 amide bonds. The first-order chi connectivity index (χ1) is 9.13. The summed E-state index contributed by atoms with van der Waals surface area (Å²) in [5.74, 6) is 1.30. The molecule has 3 fully saturated rings. The van der Waals surface area contributed by atoms with Gasteiger partial charge in [-0.3, -0.25) is 9.69 Å². The Morgan fingerprint density at radius 2 is 2.32 bits per heavy atom. The maximum absolute atomic E-state index is 11.8. The molecular formula is C14H23ClN2O2. The zero-order valence-electron chi connectivity index (χ0n) is 11.5. The van der Waals surface area contributed by atoms with Crippen LogP contribution in [0.1, 0.15) is 26.2 Å². The van der Waals surface area contributed by atoms with Gasteiger partial charge in [0, 0.05) is 44.0 Å². The lowest BCUT2D eigenvalue weighted by Crippen LogP contribution is -2.48. The number of hydrogen-bond acceptors (Lipinski definition) is 4. The van der Waals surface area contributed by atoms with E-state index in [1.165, 1.54) is 0 Å². The first kappa shape index (κ1) is 13.7. The molecule has 0 bridgehead atoms. The van der Waals surface area contributed by atoms with Crippen LogP contribution in [0.15, 0.2) is 0 Å². The van der Waals surface area contributed by atoms with Crippen molar-refractivity contribution in [3.63, 3.8) is 0 Å². The molecule has 2 aliphatic heterocycles. The summed E-state index contributed by atoms with van der Waals surface area (Å²) in [4.78, 5) is 14.2. The van der Waals surface area contributed by atoms with Crippen LogP contribution in [0.3, 0.4) is 0 Å². The van der Waals surface area contributed by atoms with E-state index in [4.69, 9.17) is 16.3 Å². The summed E-state index contributed by atoms with van der Waals surface area (Å²) < 4.78 is 5.57. The second kappa shape index (κ2) is 5.58. The highest BCUT2D eigenvalue weighted by Crippen LogP contribution is 2.42. The Hall–Kier alpha value is -0.320. The molecule has 4 nitrogen and oxygen atoms in total. The minimum absolute atomic E-state index is 0.0152. The van der Waals surface area contributed by atoms with Crippen LogP contribution in [-0.4, -0.2) is 48.7 Å². The van der Waals surface area contributed by atoms with Crippen LogP contribution in [0.2, 0.25) is 0 Å². The van der Waals surface area contributed by atoms with Crippen molar-refractivity contribution in [2.24, 2.45) is 17.8 Å². The molecule has 3 rings (SSSR count). The molecule has 5 atom stereocenters. The second-order valence-electron chi connectivity index (χ2n) is 6.36. The van der Waals surface area contributed by atoms with Gasteiger partial charge in [0.1, 0.15) is 6.10 Å². The van der Waals surface area contributed by atoms with Crippen LogP contribution in [0.5, 0.6) is 0 Å². The topological polar surface area (TPSA) is 41.6 Å². The fourth-order valence-corrected chi connectivity index (χ4v) is 4.10. The predicted octanol–water partition coefficient (Wildman–Crippen LogP) is 1.43. The molecule has 3 aliphatic rings. The number of nitrogens with one attached hydrogen (secondary N) is 1. The van der Waals surface area contributed by atoms with Gasteiger partial charge in [-0.15, -0.1) is 11.6 Å². The lowest BCUT2D eigenvalue weighted by molar-refractivity contribution is -0.168. The third-order valence-corrected chi connectivity index (χ3v) is 5.55. The number of esters is 1. The smallest absolute Gasteiger partial charge is 0.306 e. The van der Waals surface area contributed by atoms with E-state index in [2.05, 4.69) is 17.1 Å². The highest BCUT2D eigenvalue weighted by molar-refractivity contribution is 6.20. The minimum Gasteiger partial charge on any atom is -0.462 e. The zero-order valence-corrected chi connectivity index (χ0v) is 12.2. The number of hydrogen-bond donors (Lipinski definition) is 1. The van der Waals surface area contributed by atoms with Crippen molar-refractivity contribution in [2.75, 3.05) is 26.3 Å². The van der Waals surface area contributed by atoms with E-state index in [1.807, 2.05) is 0 Å². The van der Waals surface area contributed by atoms with Gasteiger partial charge in [-0.2, -0.15) is 0 Å². The fourth-order valence-electron chi connectivity index (χ4n) is 3.79. The van der Waals surface area contributed by atoms with Gasteiger partial charge in [0.15, 0.2) is 0 Å². The Bertz CT molecular complexity index is 346. The van der Waals surface area contributed by atoms with Crippen molar-refractivity contribution >= 4 is 17.6 Å². The third-order valence-electron chi connectivity index (χ3n) is 4.95. The molecule has 0 radical (unpaired) electrons. The van der Waals surface area contributed by atoms with Gasteiger partial charge >= 0.3 is 5.97 Å². The molecule has 1 saturated carbocycles. The normalized spacial score (nSPS) is 43.9. The quantitative estimate of drug-likeness (QED) is 0.616. The van der Waals surface area contributed by atoms with Gasteiger partial charge in [-0.05, 0) is 24.7 Å². The Labute approximate surface area is 119 Å². The zero-order chi connectivity index (χ0) is 13.4. The van der Waals surface area contributed by atoms with Crippen molar-refractivity contribution < 1.29 is 9.53 Å². The summed E-state index contributed by atoms with van der Waals surface area (Å²) in [6, 6.07) is 0. The first-order valence-electron chi connectivity index (χ1n) is 7.40. The molecule has 2 saturated heterocycles. The van der Waals surface area contributed by atoms with Crippen LogP contribution in [0.4, 0.5) is 0 Å². The van der Waals surface area contributed by atoms with Crippen molar-refractivity contribution in [3.05, 3.63) is 0 Å². The molecule has 5 heteroatoms. The molecule has 0 spiro atoms. The van der Waals surface area contributed by atoms with Crippen molar-refractivity contribution in [1.29, 1.82) is 0 Å². The minimum atomic E-state index is -0.0152. The van der Waals surface area contributed by atoms with Crippen LogP contribution in [-0.2, 0) is 9.53 Å². The average Bonchev–Trinajstić information content (AvgIpc) is 2.84. The molecule has 5 unspecified atom stereocenters. The number of carbonyl (C=O) groups is 1. The summed E-state index contributed by atoms with van der Waals surface area (Å²) in [7, 11) is 0. The number of nitrogens with zero attached hydrogens (tertiary/aromatic N) is 1. The monoisotopic (exact) mass is 286 g/mol. The van der Waals surface area contributed by atoms with Gasteiger partial charge in [-0.1, -0.05) is 6.92 Å². The van der Waals surface area contributed by atoms with E-state index in [1.54, 1.807) is 0 Å². The summed E-state index contributed by atoms with van der Waals surface area (Å²) in [6.07, 6.45) is 2.59. The maximum Gasteiger partial charge on any atom is 0.306 e. The highest BCUT2D eigenvalue weighted by atomic mass is 35.5. The Kier molecular flexibility index (Phi) is 4.01. The SMILES string of the molecule is CC1CC2OC(=O)CC(CN3CCNC3)C2CC1Cl. The number of ether oxygens (including phenoxy) is 1. The van der Waals surface area contributed by atoms with Crippen LogP contribution < -0.4 is 5.32 Å². The number of fused-ring (bicyclic) bond motifs is 1. The lowest BCUT2D eigenvalue weighted by atomic mass is 9.71. The third kappa shape index (κ3) is 2.91. The van der Waals surface area contributed by atoms with E-state index in [0.29, 0.717) is 24.2 Å². The fraction of sp³-hybridized carbons (Fsp3) is 0.929. The van der Waals surface area contributed by atoms with Gasteiger partial charge in [0.2, 0.25) is 0 Å². The van der Waals surface area contributed by atoms with E-state index in [-0.39, 0.29) is 17.5 Å². The van der Waals surface area contributed by atoms with Crippen molar-refractivity contribution in [2.45, 2.75) is 37.7 Å². The standard InChI is InChI=1S/C14H23ClN2O2/c1-9-4-13-11(6-12(9)15)10(5-14(18)19-13)7-17-3-2-16-8-17/h9-13,16H,2-8H2,1H3. The first-order valence-corrected chi connectivity index (χ1v) is 7.83. The predicted molar refractivity (Wildman–Crippen MR) is 74.0 cm³/mol. The number of carbonyl (C=O) groups excluding carboxylic acids is 1. The van der Waals surface area contributed by atoms with Crippen molar-refractivity contribution in [3.8, 4) is 0 Å². The molecular weight excluding hydrogens is 264 g/mol. The Balaban J connectivity index is 1.68. The summed E-state index contributed by atoms with van der Waals surface area (Å²) in [5.41, 5.74) is 0. The summed E-state index contributed by atoms with van der Waals surface area (Å²) in [5, 5.41) is 3.58. The second-order valence-corrected chi connectivity index (χ2v) is 6.92. The van der Waals surface area contributed by atoms with Gasteiger partial charge in [-0.25, -0.2) is 0 Å². The number of alkyl halides is 1. The molecule has 0 aromatic heterocycles. The van der Waals surface area contributed by atoms with Crippen LogP contribution >= 0.6 is 11.6 Å². The highest BCUT2D eigenvalue weighted by Gasteiger charge is 2.44. The Morgan fingerprint density at radius 1 is 1.47 bits per heavy atom. The van der Waals surface area contributed by atoms with E-state index >= 15 is 0 Å². The van der Waals surface area contributed by atoms with E-state index in [0.717, 1.165) is 39.1 Å². The molecule has 0 aromatic rings.